The number of anilines is 3. The Morgan fingerprint density at radius 1 is 0.919 bits per heavy atom. The highest BCUT2D eigenvalue weighted by atomic mass is 16.2. The number of nitrogen functional groups attached to an aromatic ring is 1. The van der Waals surface area contributed by atoms with Gasteiger partial charge in [0.15, 0.2) is 0 Å². The molecule has 1 aliphatic heterocycles. The molecule has 1 fully saturated rings. The summed E-state index contributed by atoms with van der Waals surface area (Å²) in [4.78, 5) is 28.0. The minimum atomic E-state index is -0.217. The fourth-order valence-electron chi connectivity index (χ4n) is 5.23. The minimum Gasteiger partial charge on any atom is -0.397 e. The Labute approximate surface area is 218 Å². The van der Waals surface area contributed by atoms with Crippen molar-refractivity contribution >= 4 is 29.0 Å². The number of fused-ring (bicyclic) bond motifs is 1. The molecule has 2 aliphatic rings. The van der Waals surface area contributed by atoms with Crippen LogP contribution in [-0.2, 0) is 19.4 Å². The van der Waals surface area contributed by atoms with Gasteiger partial charge in [0.25, 0.3) is 5.91 Å². The Kier molecular flexibility index (Phi) is 7.70. The summed E-state index contributed by atoms with van der Waals surface area (Å²) in [6, 6.07) is 20.8. The van der Waals surface area contributed by atoms with Gasteiger partial charge in [-0.1, -0.05) is 30.3 Å². The average molecular weight is 498 g/mol. The number of urea groups is 1. The van der Waals surface area contributed by atoms with Crippen molar-refractivity contribution in [1.29, 1.82) is 0 Å². The maximum absolute atomic E-state index is 13.4. The predicted octanol–water partition coefficient (Wildman–Crippen LogP) is 5.04. The Hall–Kier alpha value is -3.84. The van der Waals surface area contributed by atoms with Gasteiger partial charge < -0.3 is 26.6 Å². The van der Waals surface area contributed by atoms with Gasteiger partial charge in [-0.2, -0.15) is 0 Å². The molecule has 0 aromatic heterocycles. The molecular formula is C30H35N5O2. The van der Waals surface area contributed by atoms with E-state index in [0.29, 0.717) is 35.9 Å². The molecule has 0 spiro atoms. The molecule has 1 heterocycles. The Morgan fingerprint density at radius 2 is 1.68 bits per heavy atom. The number of nitrogens with two attached hydrogens (primary N) is 1. The van der Waals surface area contributed by atoms with E-state index in [-0.39, 0.29) is 11.9 Å². The first kappa shape index (κ1) is 24.8. The van der Waals surface area contributed by atoms with Gasteiger partial charge in [0, 0.05) is 24.3 Å². The molecule has 5 rings (SSSR count). The Morgan fingerprint density at radius 3 is 2.46 bits per heavy atom. The number of hydrogen-bond acceptors (Lipinski definition) is 4. The van der Waals surface area contributed by atoms with Crippen LogP contribution in [0.2, 0.25) is 0 Å². The van der Waals surface area contributed by atoms with Gasteiger partial charge in [0.2, 0.25) is 0 Å². The van der Waals surface area contributed by atoms with Crippen LogP contribution in [0.25, 0.3) is 0 Å². The fraction of sp³-hybridized carbons (Fsp3) is 0.333. The molecule has 3 aromatic rings. The van der Waals surface area contributed by atoms with Gasteiger partial charge in [-0.25, -0.2) is 4.79 Å². The lowest BCUT2D eigenvalue weighted by Gasteiger charge is -2.30. The van der Waals surface area contributed by atoms with Crippen LogP contribution < -0.4 is 21.7 Å². The fourth-order valence-corrected chi connectivity index (χ4v) is 5.23. The molecule has 3 amide bonds. The SMILES string of the molecule is Nc1ccccc1NC(=O)c1ccc(CN(CC2CCNCC2)C(=O)Nc2ccc3c(c2)CCC3)cc1. The third kappa shape index (κ3) is 6.30. The van der Waals surface area contributed by atoms with Crippen LogP contribution in [0.5, 0.6) is 0 Å². The maximum atomic E-state index is 13.4. The number of piperidine rings is 1. The maximum Gasteiger partial charge on any atom is 0.322 e. The number of benzene rings is 3. The van der Waals surface area contributed by atoms with Crippen LogP contribution >= 0.6 is 0 Å². The topological polar surface area (TPSA) is 99.5 Å². The summed E-state index contributed by atoms with van der Waals surface area (Å²) in [5.74, 6) is 0.249. The van der Waals surface area contributed by atoms with Crippen molar-refractivity contribution in [1.82, 2.24) is 10.2 Å². The predicted molar refractivity (Wildman–Crippen MR) is 149 cm³/mol. The molecule has 3 aromatic carbocycles. The van der Waals surface area contributed by atoms with E-state index in [1.54, 1.807) is 24.3 Å². The summed E-state index contributed by atoms with van der Waals surface area (Å²) < 4.78 is 0. The molecule has 1 aliphatic carbocycles. The quantitative estimate of drug-likeness (QED) is 0.344. The van der Waals surface area contributed by atoms with E-state index in [0.717, 1.165) is 50.0 Å². The first-order chi connectivity index (χ1) is 18.0. The van der Waals surface area contributed by atoms with E-state index in [9.17, 15) is 9.59 Å². The van der Waals surface area contributed by atoms with Gasteiger partial charge in [-0.3, -0.25) is 4.79 Å². The molecule has 1 saturated heterocycles. The number of nitrogens with one attached hydrogen (secondary N) is 3. The lowest BCUT2D eigenvalue weighted by Crippen LogP contribution is -2.41. The van der Waals surface area contributed by atoms with E-state index in [1.807, 2.05) is 35.2 Å². The third-order valence-electron chi connectivity index (χ3n) is 7.37. The molecule has 5 N–H and O–H groups in total. The number of hydrogen-bond donors (Lipinski definition) is 4. The van der Waals surface area contributed by atoms with Crippen LogP contribution in [0, 0.1) is 5.92 Å². The standard InChI is InChI=1S/C30H35N5O2/c31-27-6-1-2-7-28(27)34-29(36)24-10-8-21(9-11-24)19-35(20-22-14-16-32-17-15-22)30(37)33-26-13-12-23-4-3-5-25(23)18-26/h1-2,6-13,18,22,32H,3-5,14-17,19-20,31H2,(H,33,37)(H,34,36). The van der Waals surface area contributed by atoms with Crippen molar-refractivity contribution in [3.8, 4) is 0 Å². The first-order valence-corrected chi connectivity index (χ1v) is 13.2. The second-order valence-corrected chi connectivity index (χ2v) is 10.1. The van der Waals surface area contributed by atoms with Crippen molar-refractivity contribution in [2.75, 3.05) is 36.0 Å². The Balaban J connectivity index is 1.27. The Bertz CT molecular complexity index is 1250. The smallest absolute Gasteiger partial charge is 0.322 e. The lowest BCUT2D eigenvalue weighted by molar-refractivity contribution is 0.102. The van der Waals surface area contributed by atoms with Crippen LogP contribution in [0.1, 0.15) is 46.3 Å². The average Bonchev–Trinajstić information content (AvgIpc) is 3.38. The molecule has 0 bridgehead atoms. The number of amides is 3. The van der Waals surface area contributed by atoms with E-state index < -0.39 is 0 Å². The minimum absolute atomic E-state index is 0.0853. The van der Waals surface area contributed by atoms with Gasteiger partial charge in [0.05, 0.1) is 11.4 Å². The van der Waals surface area contributed by atoms with Crippen molar-refractivity contribution in [2.24, 2.45) is 5.92 Å². The third-order valence-corrected chi connectivity index (χ3v) is 7.37. The van der Waals surface area contributed by atoms with Crippen LogP contribution in [-0.4, -0.2) is 36.5 Å². The van der Waals surface area contributed by atoms with E-state index in [2.05, 4.69) is 28.1 Å². The zero-order chi connectivity index (χ0) is 25.6. The molecule has 0 saturated carbocycles. The molecular weight excluding hydrogens is 462 g/mol. The van der Waals surface area contributed by atoms with Crippen molar-refractivity contribution in [2.45, 2.75) is 38.6 Å². The van der Waals surface area contributed by atoms with E-state index in [4.69, 9.17) is 5.73 Å². The summed E-state index contributed by atoms with van der Waals surface area (Å²) in [5, 5.41) is 9.40. The van der Waals surface area contributed by atoms with E-state index in [1.165, 1.54) is 17.5 Å². The highest BCUT2D eigenvalue weighted by Crippen LogP contribution is 2.26. The number of rotatable bonds is 7. The van der Waals surface area contributed by atoms with Crippen molar-refractivity contribution in [3.05, 3.63) is 89.0 Å². The van der Waals surface area contributed by atoms with Crippen molar-refractivity contribution in [3.63, 3.8) is 0 Å². The monoisotopic (exact) mass is 497 g/mol. The number of nitrogens with zero attached hydrogens (tertiary/aromatic N) is 1. The molecule has 7 nitrogen and oxygen atoms in total. The van der Waals surface area contributed by atoms with E-state index >= 15 is 0 Å². The summed E-state index contributed by atoms with van der Waals surface area (Å²) in [5.41, 5.74) is 12.2. The second kappa shape index (κ2) is 11.5. The number of aryl methyl sites for hydroxylation is 2. The van der Waals surface area contributed by atoms with Gasteiger partial charge >= 0.3 is 6.03 Å². The normalized spacial score (nSPS) is 15.1. The van der Waals surface area contributed by atoms with Gasteiger partial charge in [-0.05, 0) is 104 Å². The highest BCUT2D eigenvalue weighted by molar-refractivity contribution is 6.05. The van der Waals surface area contributed by atoms with Crippen LogP contribution in [0.15, 0.2) is 66.7 Å². The zero-order valence-corrected chi connectivity index (χ0v) is 21.1. The highest BCUT2D eigenvalue weighted by Gasteiger charge is 2.22. The summed E-state index contributed by atoms with van der Waals surface area (Å²) in [7, 11) is 0. The molecule has 192 valence electrons. The molecule has 0 radical (unpaired) electrons. The summed E-state index contributed by atoms with van der Waals surface area (Å²) in [6.45, 7) is 3.16. The summed E-state index contributed by atoms with van der Waals surface area (Å²) in [6.07, 6.45) is 5.50. The van der Waals surface area contributed by atoms with Crippen LogP contribution in [0.4, 0.5) is 21.9 Å². The largest absolute Gasteiger partial charge is 0.397 e. The zero-order valence-electron chi connectivity index (χ0n) is 21.1. The van der Waals surface area contributed by atoms with Gasteiger partial charge in [0.1, 0.15) is 0 Å². The number of carbonyl (C=O) groups excluding carboxylic acids is 2. The number of carbonyl (C=O) groups is 2. The number of para-hydroxylation sites is 2. The van der Waals surface area contributed by atoms with Crippen molar-refractivity contribution < 1.29 is 9.59 Å². The van der Waals surface area contributed by atoms with Gasteiger partial charge in [-0.15, -0.1) is 0 Å². The van der Waals surface area contributed by atoms with Crippen LogP contribution in [0.3, 0.4) is 0 Å². The lowest BCUT2D eigenvalue weighted by atomic mass is 9.97. The molecule has 37 heavy (non-hydrogen) atoms. The molecule has 0 atom stereocenters. The molecule has 0 unspecified atom stereocenters. The summed E-state index contributed by atoms with van der Waals surface area (Å²) >= 11 is 0. The second-order valence-electron chi connectivity index (χ2n) is 10.1. The molecule has 7 heteroatoms. The first-order valence-electron chi connectivity index (χ1n) is 13.2.